The second-order valence-electron chi connectivity index (χ2n) is 9.74. The van der Waals surface area contributed by atoms with Gasteiger partial charge in [0, 0.05) is 57.3 Å². The Labute approximate surface area is 208 Å². The molecule has 2 amide bonds. The van der Waals surface area contributed by atoms with Gasteiger partial charge in [0.15, 0.2) is 0 Å². The van der Waals surface area contributed by atoms with Crippen molar-refractivity contribution in [2.24, 2.45) is 0 Å². The molecule has 0 fully saturated rings. The van der Waals surface area contributed by atoms with E-state index in [0.29, 0.717) is 22.9 Å². The minimum atomic E-state index is -0.514. The van der Waals surface area contributed by atoms with Gasteiger partial charge in [-0.05, 0) is 37.1 Å². The second-order valence-corrected chi connectivity index (χ2v) is 9.74. The van der Waals surface area contributed by atoms with Crippen LogP contribution < -0.4 is 20.1 Å². The Bertz CT molecular complexity index is 1290. The molecule has 6 heteroatoms. The van der Waals surface area contributed by atoms with E-state index in [1.165, 1.54) is 0 Å². The standard InChI is InChI=1S/C30H24N2O4/c33-29(31-21-7-3-1-4-8-21)35-27-23-17-11-13-19(15-17)25(23)28(26-20-14-12-18(16-20)24(26)27)36-30(34)32-22-9-5-2-6-10-22/h1-14,17-20H,15-16H2,(H,31,33)(H,32,34)/t17-,18+,19+,20-. The first-order chi connectivity index (χ1) is 17.7. The maximum atomic E-state index is 13.0. The van der Waals surface area contributed by atoms with Crippen LogP contribution in [0.1, 0.15) is 58.8 Å². The van der Waals surface area contributed by atoms with E-state index in [-0.39, 0.29) is 23.7 Å². The Morgan fingerprint density at radius 1 is 0.556 bits per heavy atom. The fraction of sp³-hybridized carbons (Fsp3) is 0.200. The highest BCUT2D eigenvalue weighted by atomic mass is 16.6. The number of carbonyl (C=O) groups is 2. The van der Waals surface area contributed by atoms with Crippen LogP contribution in [0.25, 0.3) is 0 Å². The van der Waals surface area contributed by atoms with Gasteiger partial charge in [0.05, 0.1) is 0 Å². The van der Waals surface area contributed by atoms with Crippen molar-refractivity contribution < 1.29 is 19.1 Å². The minimum absolute atomic E-state index is 0.137. The van der Waals surface area contributed by atoms with Gasteiger partial charge in [-0.25, -0.2) is 9.59 Å². The Morgan fingerprint density at radius 2 is 0.889 bits per heavy atom. The van der Waals surface area contributed by atoms with Crippen LogP contribution in [0.4, 0.5) is 21.0 Å². The minimum Gasteiger partial charge on any atom is -0.409 e. The summed E-state index contributed by atoms with van der Waals surface area (Å²) in [5.41, 5.74) is 5.27. The summed E-state index contributed by atoms with van der Waals surface area (Å²) in [6.45, 7) is 0. The lowest BCUT2D eigenvalue weighted by Gasteiger charge is -2.26. The highest BCUT2D eigenvalue weighted by molar-refractivity contribution is 5.89. The molecule has 4 aliphatic carbocycles. The molecule has 178 valence electrons. The van der Waals surface area contributed by atoms with Crippen molar-refractivity contribution in [1.82, 2.24) is 0 Å². The molecule has 0 saturated heterocycles. The molecular formula is C30H24N2O4. The van der Waals surface area contributed by atoms with Gasteiger partial charge >= 0.3 is 12.2 Å². The lowest BCUT2D eigenvalue weighted by molar-refractivity contribution is 0.211. The summed E-state index contributed by atoms with van der Waals surface area (Å²) in [4.78, 5) is 26.0. The molecule has 0 aromatic heterocycles. The van der Waals surface area contributed by atoms with Crippen LogP contribution in [-0.4, -0.2) is 12.2 Å². The quantitative estimate of drug-likeness (QED) is 0.391. The van der Waals surface area contributed by atoms with Gasteiger partial charge in [0.25, 0.3) is 0 Å². The van der Waals surface area contributed by atoms with Gasteiger partial charge in [-0.2, -0.15) is 0 Å². The maximum Gasteiger partial charge on any atom is 0.417 e. The second kappa shape index (κ2) is 8.12. The zero-order valence-electron chi connectivity index (χ0n) is 19.4. The van der Waals surface area contributed by atoms with Crippen LogP contribution in [0.3, 0.4) is 0 Å². The summed E-state index contributed by atoms with van der Waals surface area (Å²) in [5, 5.41) is 5.68. The molecule has 4 atom stereocenters. The molecule has 4 bridgehead atoms. The average Bonchev–Trinajstić information content (AvgIpc) is 3.68. The number of hydrogen-bond donors (Lipinski definition) is 2. The molecule has 6 nitrogen and oxygen atoms in total. The number of ether oxygens (including phenoxy) is 2. The first-order valence-corrected chi connectivity index (χ1v) is 12.3. The Morgan fingerprint density at radius 3 is 1.22 bits per heavy atom. The van der Waals surface area contributed by atoms with Gasteiger partial charge in [-0.3, -0.25) is 10.6 Å². The summed E-state index contributed by atoms with van der Waals surface area (Å²) in [6.07, 6.45) is 9.48. The SMILES string of the molecule is O=C(Nc1ccccc1)Oc1c2c(c(OC(=O)Nc3ccccc3)c3c1[C@H]1C=C[C@@H]3C1)[C@H]1C=C[C@@H]2C1. The number of allylic oxidation sites excluding steroid dienone is 4. The third kappa shape index (κ3) is 3.33. The number of hydrogen-bond acceptors (Lipinski definition) is 4. The van der Waals surface area contributed by atoms with Crippen molar-refractivity contribution in [1.29, 1.82) is 0 Å². The summed E-state index contributed by atoms with van der Waals surface area (Å²) in [7, 11) is 0. The molecule has 3 aromatic rings. The van der Waals surface area contributed by atoms with Crippen LogP contribution in [0.2, 0.25) is 0 Å². The molecule has 0 saturated carbocycles. The zero-order valence-corrected chi connectivity index (χ0v) is 19.4. The smallest absolute Gasteiger partial charge is 0.409 e. The summed E-state index contributed by atoms with van der Waals surface area (Å²) in [6, 6.07) is 18.6. The molecule has 0 spiro atoms. The number of amides is 2. The van der Waals surface area contributed by atoms with Crippen molar-refractivity contribution in [2.75, 3.05) is 10.6 Å². The van der Waals surface area contributed by atoms with E-state index < -0.39 is 12.2 Å². The highest BCUT2D eigenvalue weighted by Gasteiger charge is 2.47. The van der Waals surface area contributed by atoms with E-state index in [4.69, 9.17) is 9.47 Å². The molecule has 3 aromatic carbocycles. The summed E-state index contributed by atoms with van der Waals surface area (Å²) < 4.78 is 12.2. The van der Waals surface area contributed by atoms with Crippen LogP contribution in [0.5, 0.6) is 11.5 Å². The monoisotopic (exact) mass is 476 g/mol. The highest BCUT2D eigenvalue weighted by Crippen LogP contribution is 2.64. The van der Waals surface area contributed by atoms with E-state index >= 15 is 0 Å². The normalized spacial score (nSPS) is 23.3. The van der Waals surface area contributed by atoms with Crippen molar-refractivity contribution >= 4 is 23.6 Å². The molecule has 2 N–H and O–H groups in total. The van der Waals surface area contributed by atoms with Gasteiger partial charge in [-0.1, -0.05) is 60.7 Å². The van der Waals surface area contributed by atoms with E-state index in [0.717, 1.165) is 35.1 Å². The predicted molar refractivity (Wildman–Crippen MR) is 137 cm³/mol. The number of fused-ring (bicyclic) bond motifs is 10. The van der Waals surface area contributed by atoms with Crippen LogP contribution in [-0.2, 0) is 0 Å². The maximum absolute atomic E-state index is 13.0. The molecule has 0 unspecified atom stereocenters. The predicted octanol–water partition coefficient (Wildman–Crippen LogP) is 7.19. The molecule has 0 radical (unpaired) electrons. The van der Waals surface area contributed by atoms with E-state index in [1.54, 1.807) is 0 Å². The third-order valence-electron chi connectivity index (χ3n) is 7.64. The summed E-state index contributed by atoms with van der Waals surface area (Å²) in [5.74, 6) is 1.82. The number of rotatable bonds is 4. The third-order valence-corrected chi connectivity index (χ3v) is 7.64. The number of carbonyl (C=O) groups excluding carboxylic acids is 2. The molecule has 0 heterocycles. The van der Waals surface area contributed by atoms with Crippen molar-refractivity contribution in [2.45, 2.75) is 36.5 Å². The van der Waals surface area contributed by atoms with Crippen LogP contribution in [0, 0.1) is 0 Å². The average molecular weight is 477 g/mol. The van der Waals surface area contributed by atoms with Gasteiger partial charge in [0.2, 0.25) is 0 Å². The van der Waals surface area contributed by atoms with E-state index in [1.807, 2.05) is 60.7 Å². The first-order valence-electron chi connectivity index (χ1n) is 12.3. The van der Waals surface area contributed by atoms with Gasteiger partial charge in [0.1, 0.15) is 11.5 Å². The van der Waals surface area contributed by atoms with E-state index in [9.17, 15) is 9.59 Å². The molecular weight excluding hydrogens is 452 g/mol. The molecule has 36 heavy (non-hydrogen) atoms. The lowest BCUT2D eigenvalue weighted by atomic mass is 9.85. The fourth-order valence-corrected chi connectivity index (χ4v) is 6.24. The largest absolute Gasteiger partial charge is 0.417 e. The van der Waals surface area contributed by atoms with Gasteiger partial charge < -0.3 is 9.47 Å². The number of anilines is 2. The number of para-hydroxylation sites is 2. The number of nitrogens with one attached hydrogen (secondary N) is 2. The van der Waals surface area contributed by atoms with Gasteiger partial charge in [-0.15, -0.1) is 0 Å². The molecule has 4 aliphatic rings. The summed E-state index contributed by atoms with van der Waals surface area (Å²) >= 11 is 0. The Hall–Kier alpha value is -4.32. The lowest BCUT2D eigenvalue weighted by Crippen LogP contribution is -2.22. The van der Waals surface area contributed by atoms with Crippen molar-refractivity contribution in [3.63, 3.8) is 0 Å². The van der Waals surface area contributed by atoms with E-state index in [2.05, 4.69) is 34.9 Å². The van der Waals surface area contributed by atoms with Crippen LogP contribution >= 0.6 is 0 Å². The molecule has 0 aliphatic heterocycles. The van der Waals surface area contributed by atoms with Crippen LogP contribution in [0.15, 0.2) is 85.0 Å². The van der Waals surface area contributed by atoms with Crippen molar-refractivity contribution in [3.8, 4) is 11.5 Å². The fourth-order valence-electron chi connectivity index (χ4n) is 6.24. The first kappa shape index (κ1) is 21.0. The van der Waals surface area contributed by atoms with Crippen molar-refractivity contribution in [3.05, 3.63) is 107 Å². The topological polar surface area (TPSA) is 76.7 Å². The Balaban J connectivity index is 1.29. The Kier molecular flexibility index (Phi) is 4.74. The zero-order chi connectivity index (χ0) is 24.2. The molecule has 7 rings (SSSR count). The number of benzene rings is 3.